The Labute approximate surface area is 195 Å². The first-order valence-corrected chi connectivity index (χ1v) is 10.6. The molecule has 0 aliphatic heterocycles. The zero-order valence-corrected chi connectivity index (χ0v) is 19.3. The number of rotatable bonds is 6. The summed E-state index contributed by atoms with van der Waals surface area (Å²) in [6, 6.07) is 6.87. The number of aromatic amines is 1. The Balaban J connectivity index is 1.43. The van der Waals surface area contributed by atoms with E-state index in [9.17, 15) is 9.18 Å². The number of hydrogen-bond acceptors (Lipinski definition) is 6. The molecule has 0 bridgehead atoms. The lowest BCUT2D eigenvalue weighted by atomic mass is 9.91. The number of ether oxygens (including phenoxy) is 1. The van der Waals surface area contributed by atoms with Crippen LogP contribution >= 0.6 is 0 Å². The molecule has 34 heavy (non-hydrogen) atoms. The number of nitrogens with zero attached hydrogens (tertiary/aromatic N) is 5. The van der Waals surface area contributed by atoms with E-state index in [-0.39, 0.29) is 22.9 Å². The summed E-state index contributed by atoms with van der Waals surface area (Å²) in [6.45, 7) is 6.31. The molecule has 0 saturated heterocycles. The van der Waals surface area contributed by atoms with E-state index in [1.807, 2.05) is 13.2 Å². The number of benzene rings is 1. The molecule has 4 aromatic rings. The average Bonchev–Trinajstić information content (AvgIpc) is 3.38. The molecule has 0 saturated carbocycles. The predicted molar refractivity (Wildman–Crippen MR) is 125 cm³/mol. The number of aromatic nitrogens is 6. The van der Waals surface area contributed by atoms with E-state index in [1.165, 1.54) is 18.2 Å². The average molecular weight is 465 g/mol. The Kier molecular flexibility index (Phi) is 6.26. The van der Waals surface area contributed by atoms with Crippen molar-refractivity contribution in [3.8, 4) is 23.0 Å². The Morgan fingerprint density at radius 2 is 2.03 bits per heavy atom. The molecule has 0 spiro atoms. The number of urea groups is 1. The van der Waals surface area contributed by atoms with Gasteiger partial charge >= 0.3 is 12.0 Å². The van der Waals surface area contributed by atoms with E-state index in [2.05, 4.69) is 56.7 Å². The van der Waals surface area contributed by atoms with Crippen molar-refractivity contribution in [3.63, 3.8) is 0 Å². The van der Waals surface area contributed by atoms with Gasteiger partial charge in [-0.25, -0.2) is 14.2 Å². The first kappa shape index (κ1) is 22.9. The molecular weight excluding hydrogens is 439 g/mol. The van der Waals surface area contributed by atoms with Gasteiger partial charge in [0.05, 0.1) is 17.6 Å². The highest BCUT2D eigenvalue weighted by atomic mass is 19.1. The summed E-state index contributed by atoms with van der Waals surface area (Å²) in [5.41, 5.74) is 2.32. The van der Waals surface area contributed by atoms with Gasteiger partial charge in [-0.15, -0.1) is 0 Å². The van der Waals surface area contributed by atoms with E-state index < -0.39 is 11.8 Å². The maximum Gasteiger partial charge on any atom is 0.324 e. The summed E-state index contributed by atoms with van der Waals surface area (Å²) < 4.78 is 21.7. The van der Waals surface area contributed by atoms with Crippen LogP contribution in [0.2, 0.25) is 0 Å². The van der Waals surface area contributed by atoms with E-state index in [4.69, 9.17) is 4.74 Å². The molecule has 11 heteroatoms. The summed E-state index contributed by atoms with van der Waals surface area (Å²) in [7, 11) is 1.81. The van der Waals surface area contributed by atoms with Crippen molar-refractivity contribution in [2.45, 2.75) is 27.2 Å². The minimum atomic E-state index is -0.639. The first-order chi connectivity index (χ1) is 16.1. The quantitative estimate of drug-likeness (QED) is 0.378. The second-order valence-electron chi connectivity index (χ2n) is 8.97. The number of anilines is 2. The van der Waals surface area contributed by atoms with Crippen molar-refractivity contribution in [2.24, 2.45) is 12.5 Å². The van der Waals surface area contributed by atoms with Gasteiger partial charge in [0.25, 0.3) is 0 Å². The number of H-pyrrole nitrogens is 1. The van der Waals surface area contributed by atoms with E-state index in [1.54, 1.807) is 29.2 Å². The molecule has 0 atom stereocenters. The van der Waals surface area contributed by atoms with Crippen LogP contribution in [0.1, 0.15) is 26.5 Å². The van der Waals surface area contributed by atoms with Crippen molar-refractivity contribution in [1.82, 2.24) is 29.9 Å². The number of hydrogen-bond donors (Lipinski definition) is 3. The standard InChI is InChI=1S/C23H25FN8O2/c1-23(2,3)11-15-9-20(31-30-15)29-21(33)27-19-10-16(5-6-17(19)24)34-22-25-8-7-18(28-22)14-12-26-32(4)13-14/h5-10,12-13H,11H2,1-4H3,(H3,27,29,30,31,33). The van der Waals surface area contributed by atoms with Crippen LogP contribution in [0.15, 0.2) is 48.9 Å². The lowest BCUT2D eigenvalue weighted by molar-refractivity contribution is 0.262. The summed E-state index contributed by atoms with van der Waals surface area (Å²) in [6.07, 6.45) is 5.81. The van der Waals surface area contributed by atoms with Gasteiger partial charge in [0, 0.05) is 42.8 Å². The topological polar surface area (TPSA) is 123 Å². The molecule has 0 aliphatic rings. The number of halogens is 1. The van der Waals surface area contributed by atoms with Crippen molar-refractivity contribution >= 4 is 17.5 Å². The third kappa shape index (κ3) is 5.94. The Hall–Kier alpha value is -4.28. The van der Waals surface area contributed by atoms with Gasteiger partial charge in [0.15, 0.2) is 5.82 Å². The van der Waals surface area contributed by atoms with Crippen LogP contribution < -0.4 is 15.4 Å². The van der Waals surface area contributed by atoms with Crippen molar-refractivity contribution in [3.05, 3.63) is 60.4 Å². The molecule has 10 nitrogen and oxygen atoms in total. The number of carbonyl (C=O) groups excluding carboxylic acids is 1. The molecule has 4 rings (SSSR count). The number of amides is 2. The predicted octanol–water partition coefficient (Wildman–Crippen LogP) is 4.76. The highest BCUT2D eigenvalue weighted by Gasteiger charge is 2.15. The molecule has 0 fully saturated rings. The monoisotopic (exact) mass is 464 g/mol. The van der Waals surface area contributed by atoms with Crippen molar-refractivity contribution < 1.29 is 13.9 Å². The van der Waals surface area contributed by atoms with Gasteiger partial charge in [0.1, 0.15) is 11.6 Å². The van der Waals surface area contributed by atoms with E-state index in [0.717, 1.165) is 17.7 Å². The maximum atomic E-state index is 14.3. The number of aryl methyl sites for hydroxylation is 1. The molecule has 3 heterocycles. The fourth-order valence-corrected chi connectivity index (χ4v) is 3.23. The summed E-state index contributed by atoms with van der Waals surface area (Å²) in [4.78, 5) is 20.8. The van der Waals surface area contributed by atoms with Crippen LogP contribution in [0, 0.1) is 11.2 Å². The normalized spacial score (nSPS) is 11.3. The number of nitrogens with one attached hydrogen (secondary N) is 3. The van der Waals surface area contributed by atoms with Gasteiger partial charge in [-0.1, -0.05) is 20.8 Å². The maximum absolute atomic E-state index is 14.3. The van der Waals surface area contributed by atoms with Crippen molar-refractivity contribution in [2.75, 3.05) is 10.6 Å². The molecule has 0 unspecified atom stereocenters. The molecule has 0 aliphatic carbocycles. The van der Waals surface area contributed by atoms with Crippen LogP contribution in [-0.2, 0) is 13.5 Å². The molecular formula is C23H25FN8O2. The van der Waals surface area contributed by atoms with Crippen LogP contribution in [0.25, 0.3) is 11.3 Å². The summed E-state index contributed by atoms with van der Waals surface area (Å²) >= 11 is 0. The first-order valence-electron chi connectivity index (χ1n) is 10.6. The third-order valence-electron chi connectivity index (χ3n) is 4.62. The largest absolute Gasteiger partial charge is 0.424 e. The fourth-order valence-electron chi connectivity index (χ4n) is 3.23. The van der Waals surface area contributed by atoms with Gasteiger partial charge in [-0.2, -0.15) is 15.2 Å². The van der Waals surface area contributed by atoms with E-state index in [0.29, 0.717) is 11.5 Å². The summed E-state index contributed by atoms with van der Waals surface area (Å²) in [5, 5.41) is 16.1. The van der Waals surface area contributed by atoms with Crippen molar-refractivity contribution in [1.29, 1.82) is 0 Å². The van der Waals surface area contributed by atoms with Crippen LogP contribution in [0.4, 0.5) is 20.7 Å². The Morgan fingerprint density at radius 1 is 1.21 bits per heavy atom. The second-order valence-corrected chi connectivity index (χ2v) is 8.97. The molecule has 3 N–H and O–H groups in total. The molecule has 2 amide bonds. The molecule has 176 valence electrons. The fraction of sp³-hybridized carbons (Fsp3) is 0.261. The Bertz CT molecular complexity index is 1310. The zero-order valence-electron chi connectivity index (χ0n) is 19.3. The van der Waals surface area contributed by atoms with Crippen LogP contribution in [-0.4, -0.2) is 36.0 Å². The molecule has 1 aromatic carbocycles. The highest BCUT2D eigenvalue weighted by Crippen LogP contribution is 2.26. The molecule has 3 aromatic heterocycles. The van der Waals surface area contributed by atoms with Gasteiger partial charge in [-0.05, 0) is 30.0 Å². The zero-order chi connectivity index (χ0) is 24.3. The van der Waals surface area contributed by atoms with Gasteiger partial charge < -0.3 is 10.1 Å². The van der Waals surface area contributed by atoms with E-state index >= 15 is 0 Å². The van der Waals surface area contributed by atoms with Crippen LogP contribution in [0.5, 0.6) is 11.8 Å². The van der Waals surface area contributed by atoms with Gasteiger partial charge in [0.2, 0.25) is 0 Å². The SMILES string of the molecule is Cn1cc(-c2ccnc(Oc3ccc(F)c(NC(=O)Nc4cc(CC(C)(C)C)[nH]n4)c3)n2)cn1. The lowest BCUT2D eigenvalue weighted by Gasteiger charge is -2.15. The minimum absolute atomic E-state index is 0.0659. The highest BCUT2D eigenvalue weighted by molar-refractivity contribution is 5.99. The smallest absolute Gasteiger partial charge is 0.324 e. The summed E-state index contributed by atoms with van der Waals surface area (Å²) in [5.74, 6) is -0.0274. The third-order valence-corrected chi connectivity index (χ3v) is 4.62. The molecule has 0 radical (unpaired) electrons. The second kappa shape index (κ2) is 9.30. The lowest BCUT2D eigenvalue weighted by Crippen LogP contribution is -2.20. The van der Waals surface area contributed by atoms with Gasteiger partial charge in [-0.3, -0.25) is 15.1 Å². The Morgan fingerprint density at radius 3 is 2.76 bits per heavy atom. The number of carbonyl (C=O) groups is 1. The minimum Gasteiger partial charge on any atom is -0.424 e. The van der Waals surface area contributed by atoms with Crippen LogP contribution in [0.3, 0.4) is 0 Å².